The van der Waals surface area contributed by atoms with Crippen LogP contribution in [0.25, 0.3) is 0 Å². The summed E-state index contributed by atoms with van der Waals surface area (Å²) in [6.07, 6.45) is 3.52. The van der Waals surface area contributed by atoms with Gasteiger partial charge in [0, 0.05) is 26.7 Å². The number of carbonyl (C=O) groups excluding carboxylic acids is 3. The first-order valence-electron chi connectivity index (χ1n) is 7.62. The maximum absolute atomic E-state index is 11.3. The minimum atomic E-state index is -0.892. The zero-order valence-corrected chi connectivity index (χ0v) is 14.5. The fourth-order valence-corrected chi connectivity index (χ4v) is 2.08. The summed E-state index contributed by atoms with van der Waals surface area (Å²) < 4.78 is 10.6. The van der Waals surface area contributed by atoms with E-state index in [-0.39, 0.29) is 5.78 Å². The Balaban J connectivity index is 4.76. The zero-order chi connectivity index (χ0) is 17.3. The van der Waals surface area contributed by atoms with E-state index in [0.29, 0.717) is 25.7 Å². The normalized spacial score (nSPS) is 13.5. The quantitative estimate of drug-likeness (QED) is 0.482. The van der Waals surface area contributed by atoms with Gasteiger partial charge in [-0.1, -0.05) is 18.6 Å². The van der Waals surface area contributed by atoms with Gasteiger partial charge in [0.2, 0.25) is 0 Å². The first-order chi connectivity index (χ1) is 10.1. The van der Waals surface area contributed by atoms with Crippen LogP contribution < -0.4 is 0 Å². The predicted octanol–water partition coefficient (Wildman–Crippen LogP) is 3.36. The number of ketones is 1. The number of hydrogen-bond donors (Lipinski definition) is 0. The van der Waals surface area contributed by atoms with Crippen molar-refractivity contribution in [2.75, 3.05) is 0 Å². The molecule has 0 aromatic carbocycles. The van der Waals surface area contributed by atoms with Gasteiger partial charge in [0.25, 0.3) is 0 Å². The van der Waals surface area contributed by atoms with E-state index in [0.717, 1.165) is 5.57 Å². The summed E-state index contributed by atoms with van der Waals surface area (Å²) in [6.45, 7) is 9.88. The fourth-order valence-electron chi connectivity index (χ4n) is 2.08. The highest BCUT2D eigenvalue weighted by Crippen LogP contribution is 2.24. The van der Waals surface area contributed by atoms with Gasteiger partial charge in [0.1, 0.15) is 17.5 Å². The van der Waals surface area contributed by atoms with Gasteiger partial charge < -0.3 is 9.47 Å². The summed E-state index contributed by atoms with van der Waals surface area (Å²) >= 11 is 0. The highest BCUT2D eigenvalue weighted by molar-refractivity contribution is 5.79. The Morgan fingerprint density at radius 2 is 1.68 bits per heavy atom. The van der Waals surface area contributed by atoms with E-state index in [4.69, 9.17) is 9.47 Å². The van der Waals surface area contributed by atoms with Gasteiger partial charge in [-0.25, -0.2) is 0 Å². The molecule has 0 fully saturated rings. The van der Waals surface area contributed by atoms with Crippen LogP contribution in [-0.2, 0) is 23.9 Å². The standard InChI is InChI=1S/C17H28O5/c1-7-15(20)10-8-12(2)9-11-16(21-13(3)18)17(5,6)22-14(4)19/h8,16H,7,9-11H2,1-6H3. The van der Waals surface area contributed by atoms with Crippen LogP contribution in [0, 0.1) is 0 Å². The van der Waals surface area contributed by atoms with Gasteiger partial charge in [0.15, 0.2) is 0 Å². The molecular weight excluding hydrogens is 284 g/mol. The van der Waals surface area contributed by atoms with Gasteiger partial charge >= 0.3 is 11.9 Å². The molecule has 0 rings (SSSR count). The largest absolute Gasteiger partial charge is 0.458 e. The Morgan fingerprint density at radius 3 is 2.14 bits per heavy atom. The minimum Gasteiger partial charge on any atom is -0.458 e. The van der Waals surface area contributed by atoms with E-state index in [1.165, 1.54) is 13.8 Å². The van der Waals surface area contributed by atoms with Crippen LogP contribution in [0.5, 0.6) is 0 Å². The van der Waals surface area contributed by atoms with E-state index >= 15 is 0 Å². The van der Waals surface area contributed by atoms with Crippen molar-refractivity contribution in [3.8, 4) is 0 Å². The Bertz CT molecular complexity index is 434. The molecule has 0 amide bonds. The molecule has 0 aliphatic rings. The molecule has 0 heterocycles. The molecule has 0 N–H and O–H groups in total. The summed E-state index contributed by atoms with van der Waals surface area (Å²) in [5.74, 6) is -0.632. The minimum absolute atomic E-state index is 0.191. The highest BCUT2D eigenvalue weighted by Gasteiger charge is 2.34. The summed E-state index contributed by atoms with van der Waals surface area (Å²) in [5.41, 5.74) is 0.161. The maximum atomic E-state index is 11.3. The predicted molar refractivity (Wildman–Crippen MR) is 84.3 cm³/mol. The lowest BCUT2D eigenvalue weighted by Crippen LogP contribution is -2.43. The molecule has 5 heteroatoms. The van der Waals surface area contributed by atoms with Crippen molar-refractivity contribution >= 4 is 17.7 Å². The second kappa shape index (κ2) is 9.38. The summed E-state index contributed by atoms with van der Waals surface area (Å²) in [6, 6.07) is 0. The number of esters is 2. The number of hydrogen-bond acceptors (Lipinski definition) is 5. The van der Waals surface area contributed by atoms with Crippen LogP contribution in [0.15, 0.2) is 11.6 Å². The monoisotopic (exact) mass is 312 g/mol. The average molecular weight is 312 g/mol. The molecule has 1 atom stereocenters. The lowest BCUT2D eigenvalue weighted by atomic mass is 9.94. The van der Waals surface area contributed by atoms with Crippen molar-refractivity contribution in [2.24, 2.45) is 0 Å². The van der Waals surface area contributed by atoms with E-state index in [9.17, 15) is 14.4 Å². The molecule has 0 spiro atoms. The highest BCUT2D eigenvalue weighted by atomic mass is 16.6. The first-order valence-corrected chi connectivity index (χ1v) is 7.62. The van der Waals surface area contributed by atoms with E-state index in [1.54, 1.807) is 13.8 Å². The molecule has 22 heavy (non-hydrogen) atoms. The SMILES string of the molecule is CCC(=O)CC=C(C)CCC(OC(C)=O)C(C)(C)OC(C)=O. The summed E-state index contributed by atoms with van der Waals surface area (Å²) in [5, 5.41) is 0. The smallest absolute Gasteiger partial charge is 0.303 e. The van der Waals surface area contributed by atoms with Crippen molar-refractivity contribution in [3.05, 3.63) is 11.6 Å². The lowest BCUT2D eigenvalue weighted by molar-refractivity contribution is -0.179. The van der Waals surface area contributed by atoms with Crippen molar-refractivity contribution in [1.82, 2.24) is 0 Å². The van der Waals surface area contributed by atoms with Crippen LogP contribution in [0.4, 0.5) is 0 Å². The van der Waals surface area contributed by atoms with Gasteiger partial charge in [-0.2, -0.15) is 0 Å². The van der Waals surface area contributed by atoms with Gasteiger partial charge in [0.05, 0.1) is 0 Å². The maximum Gasteiger partial charge on any atom is 0.303 e. The van der Waals surface area contributed by atoms with Crippen LogP contribution >= 0.6 is 0 Å². The Labute approximate surface area is 133 Å². The molecule has 0 aromatic rings. The van der Waals surface area contributed by atoms with Crippen LogP contribution in [0.1, 0.15) is 67.2 Å². The van der Waals surface area contributed by atoms with Crippen molar-refractivity contribution < 1.29 is 23.9 Å². The summed E-state index contributed by atoms with van der Waals surface area (Å²) in [4.78, 5) is 33.8. The molecule has 0 aliphatic heterocycles. The summed E-state index contributed by atoms with van der Waals surface area (Å²) in [7, 11) is 0. The molecule has 0 bridgehead atoms. The molecule has 0 saturated heterocycles. The van der Waals surface area contributed by atoms with Crippen LogP contribution in [0.3, 0.4) is 0 Å². The zero-order valence-electron chi connectivity index (χ0n) is 14.5. The third-order valence-electron chi connectivity index (χ3n) is 3.36. The molecule has 1 unspecified atom stereocenters. The Hall–Kier alpha value is -1.65. The van der Waals surface area contributed by atoms with Crippen molar-refractivity contribution in [2.45, 2.75) is 78.9 Å². The molecule has 0 aliphatic carbocycles. The van der Waals surface area contributed by atoms with Crippen LogP contribution in [0.2, 0.25) is 0 Å². The molecule has 0 saturated carbocycles. The van der Waals surface area contributed by atoms with Crippen molar-refractivity contribution in [1.29, 1.82) is 0 Å². The van der Waals surface area contributed by atoms with Crippen LogP contribution in [-0.4, -0.2) is 29.4 Å². The van der Waals surface area contributed by atoms with Gasteiger partial charge in [-0.05, 0) is 33.6 Å². The number of Topliss-reactive ketones (excluding diaryl/α,β-unsaturated/α-hetero) is 1. The van der Waals surface area contributed by atoms with E-state index in [2.05, 4.69) is 0 Å². The third-order valence-corrected chi connectivity index (χ3v) is 3.36. The number of carbonyl (C=O) groups is 3. The molecule has 126 valence electrons. The Morgan fingerprint density at radius 1 is 1.09 bits per heavy atom. The van der Waals surface area contributed by atoms with Gasteiger partial charge in [-0.3, -0.25) is 14.4 Å². The van der Waals surface area contributed by atoms with Gasteiger partial charge in [-0.15, -0.1) is 0 Å². The topological polar surface area (TPSA) is 69.7 Å². The molecular formula is C17H28O5. The molecule has 5 nitrogen and oxygen atoms in total. The number of ether oxygens (including phenoxy) is 2. The molecule has 0 radical (unpaired) electrons. The Kier molecular flexibility index (Phi) is 8.68. The second-order valence-corrected chi connectivity index (χ2v) is 5.98. The van der Waals surface area contributed by atoms with Crippen molar-refractivity contribution in [3.63, 3.8) is 0 Å². The average Bonchev–Trinajstić information content (AvgIpc) is 2.38. The fraction of sp³-hybridized carbons (Fsp3) is 0.706. The van der Waals surface area contributed by atoms with E-state index < -0.39 is 23.6 Å². The second-order valence-electron chi connectivity index (χ2n) is 5.98. The van der Waals surface area contributed by atoms with E-state index in [1.807, 2.05) is 19.9 Å². The first kappa shape index (κ1) is 20.3. The number of rotatable bonds is 9. The number of allylic oxidation sites excluding steroid dienone is 2. The third kappa shape index (κ3) is 8.60. The lowest BCUT2D eigenvalue weighted by Gasteiger charge is -2.33. The molecule has 0 aromatic heterocycles.